The lowest BCUT2D eigenvalue weighted by atomic mass is 10.1. The number of para-hydroxylation sites is 1. The van der Waals surface area contributed by atoms with Gasteiger partial charge in [-0.1, -0.05) is 60.1 Å². The van der Waals surface area contributed by atoms with Crippen LogP contribution in [0.5, 0.6) is 17.2 Å². The van der Waals surface area contributed by atoms with Crippen molar-refractivity contribution in [2.75, 3.05) is 25.5 Å². The Kier molecular flexibility index (Phi) is 9.02. The number of halogens is 1. The zero-order valence-corrected chi connectivity index (χ0v) is 22.3. The van der Waals surface area contributed by atoms with Crippen LogP contribution >= 0.6 is 11.6 Å². The lowest BCUT2D eigenvalue weighted by molar-refractivity contribution is -0.116. The van der Waals surface area contributed by atoms with E-state index in [1.54, 1.807) is 24.3 Å². The molecule has 4 rings (SSSR count). The van der Waals surface area contributed by atoms with Crippen LogP contribution in [-0.4, -0.2) is 38.8 Å². The first kappa shape index (κ1) is 27.2. The third-order valence-electron chi connectivity index (χ3n) is 5.69. The largest absolute Gasteiger partial charge is 0.495 e. The van der Waals surface area contributed by atoms with Crippen LogP contribution in [0.25, 0.3) is 0 Å². The summed E-state index contributed by atoms with van der Waals surface area (Å²) in [6.07, 6.45) is 0.433. The molecule has 9 heteroatoms. The Morgan fingerprint density at radius 2 is 1.50 bits per heavy atom. The minimum atomic E-state index is -4.03. The average Bonchev–Trinajstić information content (AvgIpc) is 2.93. The molecule has 0 atom stereocenters. The van der Waals surface area contributed by atoms with Crippen LogP contribution in [0.2, 0.25) is 5.02 Å². The van der Waals surface area contributed by atoms with Crippen molar-refractivity contribution in [1.29, 1.82) is 0 Å². The summed E-state index contributed by atoms with van der Waals surface area (Å²) < 4.78 is 39.2. The Bertz CT molecular complexity index is 1460. The Balaban J connectivity index is 1.48. The average molecular weight is 551 g/mol. The molecule has 0 aromatic heterocycles. The molecule has 0 bridgehead atoms. The Morgan fingerprint density at radius 3 is 2.13 bits per heavy atom. The molecule has 0 spiro atoms. The molecule has 0 aliphatic rings. The predicted octanol–water partition coefficient (Wildman–Crippen LogP) is 6.01. The zero-order valence-electron chi connectivity index (χ0n) is 20.7. The first-order valence-corrected chi connectivity index (χ1v) is 13.7. The number of amides is 1. The first-order valence-electron chi connectivity index (χ1n) is 11.9. The van der Waals surface area contributed by atoms with E-state index in [9.17, 15) is 13.2 Å². The van der Waals surface area contributed by atoms with E-state index < -0.39 is 15.9 Å². The number of hydrogen-bond donors (Lipinski definition) is 1. The van der Waals surface area contributed by atoms with Gasteiger partial charge in [0.25, 0.3) is 0 Å². The van der Waals surface area contributed by atoms with Gasteiger partial charge in [0.15, 0.2) is 0 Å². The molecule has 0 saturated heterocycles. The van der Waals surface area contributed by atoms with Gasteiger partial charge in [0.1, 0.15) is 17.2 Å². The van der Waals surface area contributed by atoms with Crippen molar-refractivity contribution in [2.45, 2.75) is 11.3 Å². The maximum atomic E-state index is 13.5. The highest BCUT2D eigenvalue weighted by molar-refractivity contribution is 7.89. The van der Waals surface area contributed by atoms with Crippen molar-refractivity contribution in [2.24, 2.45) is 0 Å². The van der Waals surface area contributed by atoms with Crippen LogP contribution in [0, 0.1) is 0 Å². The van der Waals surface area contributed by atoms with E-state index in [1.165, 1.54) is 25.3 Å². The van der Waals surface area contributed by atoms with Crippen LogP contribution in [0.4, 0.5) is 5.69 Å². The number of carbonyl (C=O) groups is 1. The van der Waals surface area contributed by atoms with Crippen LogP contribution in [0.3, 0.4) is 0 Å². The normalized spacial score (nSPS) is 11.2. The Labute approximate surface area is 227 Å². The number of carbonyl (C=O) groups excluding carboxylic acids is 1. The summed E-state index contributed by atoms with van der Waals surface area (Å²) in [6.45, 7) is -0.269. The molecule has 0 unspecified atom stereocenters. The summed E-state index contributed by atoms with van der Waals surface area (Å²) >= 11 is 6.19. The number of ether oxygens (including phenoxy) is 2. The number of methoxy groups -OCH3 is 1. The summed E-state index contributed by atoms with van der Waals surface area (Å²) in [4.78, 5) is 12.9. The topological polar surface area (TPSA) is 84.9 Å². The SMILES string of the molecule is COc1ccc(S(=O)(=O)N(CCc2ccccc2)CC(=O)Nc2ccc(Oc3ccccc3)cc2)cc1Cl. The zero-order chi connectivity index (χ0) is 27.0. The van der Waals surface area contributed by atoms with E-state index in [2.05, 4.69) is 5.32 Å². The van der Waals surface area contributed by atoms with Gasteiger partial charge >= 0.3 is 0 Å². The van der Waals surface area contributed by atoms with E-state index in [-0.39, 0.29) is 23.0 Å². The molecule has 1 amide bonds. The summed E-state index contributed by atoms with van der Waals surface area (Å²) in [5.41, 5.74) is 1.47. The van der Waals surface area contributed by atoms with Gasteiger partial charge in [-0.15, -0.1) is 0 Å². The molecule has 0 aliphatic carbocycles. The van der Waals surface area contributed by atoms with E-state index in [0.717, 1.165) is 9.87 Å². The highest BCUT2D eigenvalue weighted by Gasteiger charge is 2.27. The van der Waals surface area contributed by atoms with Crippen LogP contribution in [-0.2, 0) is 21.2 Å². The van der Waals surface area contributed by atoms with Crippen molar-refractivity contribution in [3.05, 3.63) is 114 Å². The summed E-state index contributed by atoms with van der Waals surface area (Å²) in [5, 5.41) is 2.93. The number of benzene rings is 4. The molecule has 1 N–H and O–H groups in total. The van der Waals surface area contributed by atoms with Crippen molar-refractivity contribution in [3.8, 4) is 17.2 Å². The molecular formula is C29H27ClN2O5S. The minimum absolute atomic E-state index is 0.0217. The molecule has 0 aliphatic heterocycles. The number of nitrogens with zero attached hydrogens (tertiary/aromatic N) is 1. The number of hydrogen-bond acceptors (Lipinski definition) is 5. The van der Waals surface area contributed by atoms with Gasteiger partial charge in [0.05, 0.1) is 23.6 Å². The molecule has 0 fully saturated rings. The molecule has 0 saturated carbocycles. The molecule has 7 nitrogen and oxygen atoms in total. The van der Waals surface area contributed by atoms with E-state index in [4.69, 9.17) is 21.1 Å². The fourth-order valence-electron chi connectivity index (χ4n) is 3.73. The third-order valence-corrected chi connectivity index (χ3v) is 7.83. The van der Waals surface area contributed by atoms with Gasteiger partial charge in [-0.3, -0.25) is 4.79 Å². The molecule has 38 heavy (non-hydrogen) atoms. The van der Waals surface area contributed by atoms with Gasteiger partial charge in [0.2, 0.25) is 15.9 Å². The second kappa shape index (κ2) is 12.6. The van der Waals surface area contributed by atoms with Crippen LogP contribution < -0.4 is 14.8 Å². The molecule has 0 radical (unpaired) electrons. The van der Waals surface area contributed by atoms with Crippen molar-refractivity contribution < 1.29 is 22.7 Å². The van der Waals surface area contributed by atoms with Gasteiger partial charge < -0.3 is 14.8 Å². The first-order chi connectivity index (χ1) is 18.3. The molecular weight excluding hydrogens is 524 g/mol. The molecule has 4 aromatic rings. The van der Waals surface area contributed by atoms with Crippen molar-refractivity contribution >= 4 is 33.2 Å². The van der Waals surface area contributed by atoms with E-state index >= 15 is 0 Å². The fraction of sp³-hybridized carbons (Fsp3) is 0.138. The van der Waals surface area contributed by atoms with E-state index in [0.29, 0.717) is 29.4 Å². The Hall–Kier alpha value is -3.85. The lowest BCUT2D eigenvalue weighted by Crippen LogP contribution is -2.39. The summed E-state index contributed by atoms with van der Waals surface area (Å²) in [7, 11) is -2.58. The molecule has 4 aromatic carbocycles. The van der Waals surface area contributed by atoms with Crippen LogP contribution in [0.15, 0.2) is 108 Å². The maximum Gasteiger partial charge on any atom is 0.243 e. The van der Waals surface area contributed by atoms with Crippen LogP contribution in [0.1, 0.15) is 5.56 Å². The summed E-state index contributed by atoms with van der Waals surface area (Å²) in [6, 6.07) is 29.9. The standard InChI is InChI=1S/C29H27ClN2O5S/c1-36-28-17-16-26(20-27(28)30)38(34,35)32(19-18-22-8-4-2-5-9-22)21-29(33)31-23-12-14-25(15-13-23)37-24-10-6-3-7-11-24/h2-17,20H,18-19,21H2,1H3,(H,31,33). The summed E-state index contributed by atoms with van der Waals surface area (Å²) in [5.74, 6) is 1.19. The quantitative estimate of drug-likeness (QED) is 0.247. The number of anilines is 1. The monoisotopic (exact) mass is 550 g/mol. The van der Waals surface area contributed by atoms with Gasteiger partial charge in [-0.25, -0.2) is 8.42 Å². The van der Waals surface area contributed by atoms with E-state index in [1.807, 2.05) is 60.7 Å². The second-order valence-corrected chi connectivity index (χ2v) is 10.7. The third kappa shape index (κ3) is 7.13. The number of nitrogens with one attached hydrogen (secondary N) is 1. The fourth-order valence-corrected chi connectivity index (χ4v) is 5.48. The second-order valence-electron chi connectivity index (χ2n) is 8.36. The van der Waals surface area contributed by atoms with Crippen molar-refractivity contribution in [1.82, 2.24) is 4.31 Å². The predicted molar refractivity (Wildman–Crippen MR) is 148 cm³/mol. The smallest absolute Gasteiger partial charge is 0.243 e. The molecule has 196 valence electrons. The van der Waals surface area contributed by atoms with Crippen molar-refractivity contribution in [3.63, 3.8) is 0 Å². The Morgan fingerprint density at radius 1 is 0.868 bits per heavy atom. The highest BCUT2D eigenvalue weighted by Crippen LogP contribution is 2.29. The lowest BCUT2D eigenvalue weighted by Gasteiger charge is -2.22. The number of sulfonamides is 1. The number of rotatable bonds is 11. The molecule has 0 heterocycles. The van der Waals surface area contributed by atoms with Gasteiger partial charge in [0, 0.05) is 12.2 Å². The van der Waals surface area contributed by atoms with Gasteiger partial charge in [-0.05, 0) is 66.6 Å². The van der Waals surface area contributed by atoms with Gasteiger partial charge in [-0.2, -0.15) is 4.31 Å². The highest BCUT2D eigenvalue weighted by atomic mass is 35.5. The minimum Gasteiger partial charge on any atom is -0.495 e. The maximum absolute atomic E-state index is 13.5.